The number of furan rings is 1. The lowest BCUT2D eigenvalue weighted by atomic mass is 10.1. The van der Waals surface area contributed by atoms with E-state index in [4.69, 9.17) is 16.2 Å². The lowest BCUT2D eigenvalue weighted by molar-refractivity contribution is 0.670. The molecule has 0 fully saturated rings. The van der Waals surface area contributed by atoms with Gasteiger partial charge in [0.15, 0.2) is 5.58 Å². The predicted octanol–water partition coefficient (Wildman–Crippen LogP) is 4.91. The summed E-state index contributed by atoms with van der Waals surface area (Å²) in [5.74, 6) is 0. The molecule has 16 heavy (non-hydrogen) atoms. The van der Waals surface area contributed by atoms with Gasteiger partial charge in [-0.2, -0.15) is 0 Å². The van der Waals surface area contributed by atoms with Gasteiger partial charge in [0.2, 0.25) is 0 Å². The fourth-order valence-electron chi connectivity index (χ4n) is 1.86. The molecule has 0 saturated carbocycles. The molecule has 0 unspecified atom stereocenters. The van der Waals surface area contributed by atoms with Crippen molar-refractivity contribution in [2.45, 2.75) is 0 Å². The summed E-state index contributed by atoms with van der Waals surface area (Å²) in [4.78, 5) is 2.62. The zero-order valence-electron chi connectivity index (χ0n) is 8.13. The minimum absolute atomic E-state index is 0.769. The summed E-state index contributed by atoms with van der Waals surface area (Å²) in [7, 11) is 0. The molecule has 0 aliphatic heterocycles. The third-order valence-electron chi connectivity index (χ3n) is 2.58. The molecule has 2 aromatic carbocycles. The number of rotatable bonds is 1. The third kappa shape index (κ3) is 1.32. The molecule has 1 heterocycles. The highest BCUT2D eigenvalue weighted by Crippen LogP contribution is 2.38. The number of halogens is 2. The average molecular weight is 297 g/mol. The summed E-state index contributed by atoms with van der Waals surface area (Å²) in [6.07, 6.45) is 0. The van der Waals surface area contributed by atoms with Crippen molar-refractivity contribution >= 4 is 55.3 Å². The smallest absolute Gasteiger partial charge is 0.160 e. The highest BCUT2D eigenvalue weighted by atomic mass is 79.9. The van der Waals surface area contributed by atoms with Crippen molar-refractivity contribution in [2.75, 3.05) is 4.84 Å². The molecule has 80 valence electrons. The second-order valence-corrected chi connectivity index (χ2v) is 4.54. The van der Waals surface area contributed by atoms with E-state index in [1.54, 1.807) is 0 Å². The quantitative estimate of drug-likeness (QED) is 0.645. The van der Waals surface area contributed by atoms with Crippen molar-refractivity contribution in [3.8, 4) is 0 Å². The van der Waals surface area contributed by atoms with Crippen molar-refractivity contribution in [3.63, 3.8) is 0 Å². The molecule has 2 nitrogen and oxygen atoms in total. The Morgan fingerprint density at radius 2 is 1.94 bits per heavy atom. The fraction of sp³-hybridized carbons (Fsp3) is 0. The Hall–Kier alpha value is -1.19. The molecule has 0 radical (unpaired) electrons. The van der Waals surface area contributed by atoms with Crippen molar-refractivity contribution in [3.05, 3.63) is 40.9 Å². The highest BCUT2D eigenvalue weighted by molar-refractivity contribution is 9.10. The maximum atomic E-state index is 5.78. The lowest BCUT2D eigenvalue weighted by Crippen LogP contribution is -1.80. The second-order valence-electron chi connectivity index (χ2n) is 3.49. The normalized spacial score (nSPS) is 11.1. The molecule has 1 N–H and O–H groups in total. The molecule has 3 aromatic rings. The Kier molecular flexibility index (Phi) is 2.30. The highest BCUT2D eigenvalue weighted by Gasteiger charge is 2.12. The Morgan fingerprint density at radius 1 is 1.12 bits per heavy atom. The zero-order chi connectivity index (χ0) is 11.1. The first-order valence-electron chi connectivity index (χ1n) is 4.77. The summed E-state index contributed by atoms with van der Waals surface area (Å²) >= 11 is 9.19. The molecule has 0 saturated heterocycles. The van der Waals surface area contributed by atoms with Crippen LogP contribution in [0.4, 0.5) is 5.69 Å². The van der Waals surface area contributed by atoms with Crippen LogP contribution >= 0.6 is 27.7 Å². The first-order chi connectivity index (χ1) is 7.81. The number of benzene rings is 2. The Bertz CT molecular complexity index is 677. The number of nitrogens with one attached hydrogen (secondary N) is 1. The van der Waals surface area contributed by atoms with Crippen LogP contribution in [0.2, 0.25) is 0 Å². The van der Waals surface area contributed by atoms with Crippen LogP contribution in [-0.2, 0) is 0 Å². The monoisotopic (exact) mass is 295 g/mol. The zero-order valence-corrected chi connectivity index (χ0v) is 10.5. The van der Waals surface area contributed by atoms with Crippen molar-refractivity contribution in [2.24, 2.45) is 0 Å². The first kappa shape index (κ1) is 10.00. The van der Waals surface area contributed by atoms with E-state index in [0.717, 1.165) is 32.1 Å². The summed E-state index contributed by atoms with van der Waals surface area (Å²) in [6.45, 7) is 0. The van der Waals surface area contributed by atoms with Crippen LogP contribution < -0.4 is 4.84 Å². The number of fused-ring (bicyclic) bond motifs is 3. The van der Waals surface area contributed by atoms with Gasteiger partial charge >= 0.3 is 0 Å². The van der Waals surface area contributed by atoms with Crippen LogP contribution in [0.1, 0.15) is 0 Å². The van der Waals surface area contributed by atoms with Crippen molar-refractivity contribution in [1.82, 2.24) is 0 Å². The van der Waals surface area contributed by atoms with Crippen LogP contribution in [0.15, 0.2) is 45.3 Å². The van der Waals surface area contributed by atoms with E-state index in [1.807, 2.05) is 36.4 Å². The topological polar surface area (TPSA) is 25.2 Å². The Morgan fingerprint density at radius 3 is 2.75 bits per heavy atom. The van der Waals surface area contributed by atoms with Gasteiger partial charge in [0, 0.05) is 27.0 Å². The van der Waals surface area contributed by atoms with Gasteiger partial charge in [-0.15, -0.1) is 0 Å². The maximum Gasteiger partial charge on any atom is 0.160 e. The van der Waals surface area contributed by atoms with E-state index in [9.17, 15) is 0 Å². The molecular formula is C12H7BrClNO. The van der Waals surface area contributed by atoms with E-state index in [2.05, 4.69) is 20.8 Å². The van der Waals surface area contributed by atoms with Gasteiger partial charge in [-0.3, -0.25) is 4.84 Å². The van der Waals surface area contributed by atoms with Crippen molar-refractivity contribution < 1.29 is 4.42 Å². The van der Waals surface area contributed by atoms with Gasteiger partial charge in [-0.1, -0.05) is 34.1 Å². The minimum atomic E-state index is 0.769. The van der Waals surface area contributed by atoms with Gasteiger partial charge in [0.1, 0.15) is 5.58 Å². The average Bonchev–Trinajstić information content (AvgIpc) is 2.69. The number of hydrogen-bond donors (Lipinski definition) is 1. The van der Waals surface area contributed by atoms with E-state index < -0.39 is 0 Å². The van der Waals surface area contributed by atoms with Gasteiger partial charge < -0.3 is 4.42 Å². The predicted molar refractivity (Wildman–Crippen MR) is 70.9 cm³/mol. The fourth-order valence-corrected chi connectivity index (χ4v) is 2.54. The number of para-hydroxylation sites is 1. The summed E-state index contributed by atoms with van der Waals surface area (Å²) < 4.78 is 6.78. The van der Waals surface area contributed by atoms with E-state index in [0.29, 0.717) is 0 Å². The first-order valence-corrected chi connectivity index (χ1v) is 5.95. The van der Waals surface area contributed by atoms with Gasteiger partial charge in [-0.05, 0) is 18.2 Å². The molecule has 0 spiro atoms. The summed E-state index contributed by atoms with van der Waals surface area (Å²) in [5, 5.41) is 2.12. The van der Waals surface area contributed by atoms with Gasteiger partial charge in [0.05, 0.1) is 5.69 Å². The summed E-state index contributed by atoms with van der Waals surface area (Å²) in [6, 6.07) is 11.7. The van der Waals surface area contributed by atoms with Crippen molar-refractivity contribution in [1.29, 1.82) is 0 Å². The Balaban J connectivity index is 2.58. The molecule has 1 aromatic heterocycles. The molecule has 0 aliphatic carbocycles. The molecule has 4 heteroatoms. The Labute approximate surface area is 105 Å². The number of hydrogen-bond acceptors (Lipinski definition) is 2. The van der Waals surface area contributed by atoms with E-state index in [1.165, 1.54) is 0 Å². The van der Waals surface area contributed by atoms with Crippen LogP contribution in [0.5, 0.6) is 0 Å². The lowest BCUT2D eigenvalue weighted by Gasteiger charge is -1.99. The maximum absolute atomic E-state index is 5.78. The van der Waals surface area contributed by atoms with Gasteiger partial charge in [0.25, 0.3) is 0 Å². The van der Waals surface area contributed by atoms with Crippen LogP contribution in [0.3, 0.4) is 0 Å². The standard InChI is InChI=1S/C12H7BrClNO/c13-8-5-6-9(15-14)12-11(8)7-3-1-2-4-10(7)16-12/h1-6,15H. The van der Waals surface area contributed by atoms with Gasteiger partial charge in [-0.25, -0.2) is 0 Å². The molecule has 3 rings (SSSR count). The molecule has 0 atom stereocenters. The second kappa shape index (κ2) is 3.68. The number of anilines is 1. The largest absolute Gasteiger partial charge is 0.454 e. The minimum Gasteiger partial charge on any atom is -0.454 e. The van der Waals surface area contributed by atoms with E-state index in [-0.39, 0.29) is 0 Å². The molecular weight excluding hydrogens is 289 g/mol. The molecule has 0 aliphatic rings. The van der Waals surface area contributed by atoms with E-state index >= 15 is 0 Å². The molecule has 0 amide bonds. The third-order valence-corrected chi connectivity index (χ3v) is 3.44. The SMILES string of the molecule is ClNc1ccc(Br)c2c1oc1ccccc12. The van der Waals surface area contributed by atoms with Crippen LogP contribution in [-0.4, -0.2) is 0 Å². The van der Waals surface area contributed by atoms with Crippen LogP contribution in [0, 0.1) is 0 Å². The van der Waals surface area contributed by atoms with Crippen LogP contribution in [0.25, 0.3) is 21.9 Å². The summed E-state index contributed by atoms with van der Waals surface area (Å²) in [5.41, 5.74) is 2.40. The molecule has 0 bridgehead atoms.